The third kappa shape index (κ3) is 2.44. The summed E-state index contributed by atoms with van der Waals surface area (Å²) in [7, 11) is 0. The third-order valence-electron chi connectivity index (χ3n) is 7.49. The Labute approximate surface area is 150 Å². The molecule has 1 amide bonds. The van der Waals surface area contributed by atoms with Crippen molar-refractivity contribution in [1.29, 1.82) is 0 Å². The molecule has 1 aliphatic heterocycles. The number of likely N-dealkylation sites (tertiary alicyclic amines) is 1. The molecule has 1 spiro atoms. The predicted octanol–water partition coefficient (Wildman–Crippen LogP) is 3.78. The summed E-state index contributed by atoms with van der Waals surface area (Å²) in [6.07, 6.45) is 7.72. The lowest BCUT2D eigenvalue weighted by atomic mass is 9.81. The van der Waals surface area contributed by atoms with Gasteiger partial charge in [0.25, 0.3) is 0 Å². The summed E-state index contributed by atoms with van der Waals surface area (Å²) in [5, 5.41) is 3.06. The number of amides is 1. The average Bonchev–Trinajstić information content (AvgIpc) is 3.32. The highest BCUT2D eigenvalue weighted by molar-refractivity contribution is 5.74. The highest BCUT2D eigenvalue weighted by atomic mass is 19.1. The molecule has 0 aromatic heterocycles. The largest absolute Gasteiger partial charge is 0.349 e. The van der Waals surface area contributed by atoms with Gasteiger partial charge in [-0.05, 0) is 73.7 Å². The molecule has 1 saturated heterocycles. The number of benzene rings is 1. The number of halogens is 1. The van der Waals surface area contributed by atoms with Crippen LogP contribution in [0.4, 0.5) is 4.39 Å². The van der Waals surface area contributed by atoms with Crippen LogP contribution >= 0.6 is 0 Å². The second kappa shape index (κ2) is 5.54. The van der Waals surface area contributed by atoms with Gasteiger partial charge in [-0.25, -0.2) is 4.39 Å². The fourth-order valence-corrected chi connectivity index (χ4v) is 6.52. The van der Waals surface area contributed by atoms with Crippen molar-refractivity contribution in [2.75, 3.05) is 13.1 Å². The molecule has 1 heterocycles. The first kappa shape index (κ1) is 15.8. The first-order valence-corrected chi connectivity index (χ1v) is 9.85. The van der Waals surface area contributed by atoms with E-state index in [9.17, 15) is 9.18 Å². The maximum Gasteiger partial charge on any atom is 0.217 e. The van der Waals surface area contributed by atoms with Crippen LogP contribution in [0.3, 0.4) is 0 Å². The van der Waals surface area contributed by atoms with Gasteiger partial charge in [0, 0.05) is 26.4 Å². The monoisotopic (exact) mass is 344 g/mol. The molecule has 2 bridgehead atoms. The molecule has 1 N–H and O–H groups in total. The van der Waals surface area contributed by atoms with Gasteiger partial charge in [-0.15, -0.1) is 0 Å². The van der Waals surface area contributed by atoms with Gasteiger partial charge in [-0.2, -0.15) is 0 Å². The van der Waals surface area contributed by atoms with Crippen molar-refractivity contribution in [3.8, 4) is 0 Å². The Morgan fingerprint density at radius 3 is 2.96 bits per heavy atom. The normalized spacial score (nSPS) is 39.3. The molecule has 5 atom stereocenters. The van der Waals surface area contributed by atoms with E-state index in [1.807, 2.05) is 6.07 Å². The zero-order valence-corrected chi connectivity index (χ0v) is 14.9. The number of rotatable bonds is 2. The molecule has 136 valence electrons. The zero-order valence-electron chi connectivity index (χ0n) is 14.9. The fourth-order valence-electron chi connectivity index (χ4n) is 6.52. The maximum atomic E-state index is 13.8. The molecule has 1 aromatic carbocycles. The second-order valence-corrected chi connectivity index (χ2v) is 8.93. The van der Waals surface area contributed by atoms with Crippen LogP contribution in [0.15, 0.2) is 18.2 Å². The van der Waals surface area contributed by atoms with E-state index in [1.54, 1.807) is 19.1 Å². The Hall–Kier alpha value is -1.42. The molecule has 25 heavy (non-hydrogen) atoms. The van der Waals surface area contributed by atoms with Gasteiger partial charge in [-0.3, -0.25) is 9.69 Å². The molecular formula is C21H29FN2O. The number of carbonyl (C=O) groups is 1. The van der Waals surface area contributed by atoms with Crippen molar-refractivity contribution in [2.45, 2.75) is 62.9 Å². The van der Waals surface area contributed by atoms with Crippen molar-refractivity contribution in [3.05, 3.63) is 35.1 Å². The van der Waals surface area contributed by atoms with Crippen LogP contribution < -0.4 is 5.32 Å². The van der Waals surface area contributed by atoms with E-state index in [1.165, 1.54) is 31.2 Å². The number of hydrogen-bond acceptors (Lipinski definition) is 2. The van der Waals surface area contributed by atoms with E-state index in [0.29, 0.717) is 0 Å². The van der Waals surface area contributed by atoms with Gasteiger partial charge >= 0.3 is 0 Å². The fraction of sp³-hybridized carbons (Fsp3) is 0.667. The summed E-state index contributed by atoms with van der Waals surface area (Å²) in [5.41, 5.74) is 2.38. The molecule has 1 aromatic rings. The highest BCUT2D eigenvalue weighted by Gasteiger charge is 2.52. The van der Waals surface area contributed by atoms with E-state index >= 15 is 0 Å². The van der Waals surface area contributed by atoms with E-state index in [2.05, 4.69) is 10.2 Å². The third-order valence-corrected chi connectivity index (χ3v) is 7.49. The van der Waals surface area contributed by atoms with Crippen molar-refractivity contribution in [1.82, 2.24) is 10.2 Å². The minimum absolute atomic E-state index is 0. The van der Waals surface area contributed by atoms with Gasteiger partial charge in [0.05, 0.1) is 6.04 Å². The quantitative estimate of drug-likeness (QED) is 0.885. The minimum atomic E-state index is -0.200. The van der Waals surface area contributed by atoms with E-state index < -0.39 is 0 Å². The van der Waals surface area contributed by atoms with E-state index in [-0.39, 0.29) is 24.6 Å². The predicted molar refractivity (Wildman–Crippen MR) is 96.8 cm³/mol. The van der Waals surface area contributed by atoms with Crippen LogP contribution in [0.1, 0.15) is 64.0 Å². The van der Waals surface area contributed by atoms with Crippen molar-refractivity contribution >= 4 is 5.91 Å². The smallest absolute Gasteiger partial charge is 0.217 e. The molecule has 3 fully saturated rings. The summed E-state index contributed by atoms with van der Waals surface area (Å²) in [4.78, 5) is 14.4. The molecule has 4 heteroatoms. The van der Waals surface area contributed by atoms with Crippen molar-refractivity contribution in [2.24, 2.45) is 11.8 Å². The minimum Gasteiger partial charge on any atom is -0.349 e. The molecule has 2 saturated carbocycles. The summed E-state index contributed by atoms with van der Waals surface area (Å²) < 4.78 is 13.8. The lowest BCUT2D eigenvalue weighted by Gasteiger charge is -2.33. The lowest BCUT2D eigenvalue weighted by Crippen LogP contribution is -2.39. The summed E-state index contributed by atoms with van der Waals surface area (Å²) in [6, 6.07) is 5.95. The highest BCUT2D eigenvalue weighted by Crippen LogP contribution is 2.53. The van der Waals surface area contributed by atoms with Gasteiger partial charge in [0.2, 0.25) is 5.91 Å². The van der Waals surface area contributed by atoms with Crippen LogP contribution in [0.5, 0.6) is 0 Å². The number of carbonyl (C=O) groups excluding carboxylic acids is 1. The summed E-state index contributed by atoms with van der Waals surface area (Å²) in [6.45, 7) is 3.78. The van der Waals surface area contributed by atoms with Crippen LogP contribution in [0, 0.1) is 17.7 Å². The molecular weight excluding hydrogens is 315 g/mol. The van der Waals surface area contributed by atoms with E-state index in [4.69, 9.17) is 0 Å². The van der Waals surface area contributed by atoms with Crippen LogP contribution in [0.25, 0.3) is 0 Å². The van der Waals surface area contributed by atoms with Gasteiger partial charge < -0.3 is 5.32 Å². The number of hydrogen-bond donors (Lipinski definition) is 1. The average molecular weight is 344 g/mol. The molecule has 0 radical (unpaired) electrons. The second-order valence-electron chi connectivity index (χ2n) is 8.93. The zero-order chi connectivity index (χ0) is 17.2. The Bertz CT molecular complexity index is 726. The Morgan fingerprint density at radius 1 is 1.36 bits per heavy atom. The van der Waals surface area contributed by atoms with Crippen LogP contribution in [-0.2, 0) is 10.2 Å². The Kier molecular flexibility index (Phi) is 3.50. The van der Waals surface area contributed by atoms with Crippen molar-refractivity contribution < 1.29 is 10.6 Å². The first-order chi connectivity index (χ1) is 12.0. The molecule has 5 rings (SSSR count). The number of fused-ring (bicyclic) bond motifs is 4. The Morgan fingerprint density at radius 2 is 2.24 bits per heavy atom. The number of nitrogens with one attached hydrogen (secondary N) is 1. The van der Waals surface area contributed by atoms with Crippen molar-refractivity contribution in [3.63, 3.8) is 0 Å². The first-order valence-electron chi connectivity index (χ1n) is 9.85. The molecule has 3 nitrogen and oxygen atoms in total. The lowest BCUT2D eigenvalue weighted by molar-refractivity contribution is -0.119. The van der Waals surface area contributed by atoms with Gasteiger partial charge in [-0.1, -0.05) is 12.5 Å². The molecule has 3 unspecified atom stereocenters. The Balaban J connectivity index is 0.00000168. The maximum absolute atomic E-state index is 13.8. The van der Waals surface area contributed by atoms with E-state index in [0.717, 1.165) is 49.4 Å². The van der Waals surface area contributed by atoms with Gasteiger partial charge in [0.15, 0.2) is 0 Å². The molecule has 4 aliphatic rings. The SMILES string of the molecule is CC(=O)N[C@H]1CC2(CCN([C@@H]3CC4CCC3C4)C2)c2ccc(F)cc21.[HH]. The van der Waals surface area contributed by atoms with Crippen LogP contribution in [0.2, 0.25) is 0 Å². The van der Waals surface area contributed by atoms with Gasteiger partial charge in [0.1, 0.15) is 5.82 Å². The summed E-state index contributed by atoms with van der Waals surface area (Å²) in [5.74, 6) is 1.64. The summed E-state index contributed by atoms with van der Waals surface area (Å²) >= 11 is 0. The number of nitrogens with zero attached hydrogens (tertiary/aromatic N) is 1. The topological polar surface area (TPSA) is 32.3 Å². The standard InChI is InChI=1S/C21H27FN2O.H2/c1-13(25)23-19-11-21(18-5-4-16(22)10-17(18)19)6-7-24(12-21)20-9-14-2-3-15(20)8-14;/h4-5,10,14-15,19-20H,2-3,6-9,11-12H2,1H3,(H,23,25);1H/t14?,15?,19-,20+,21?;/m0./s1. The molecule has 3 aliphatic carbocycles. The van der Waals surface area contributed by atoms with Crippen LogP contribution in [-0.4, -0.2) is 29.9 Å².